The van der Waals surface area contributed by atoms with Gasteiger partial charge in [-0.05, 0) is 43.3 Å². The Labute approximate surface area is 160 Å². The smallest absolute Gasteiger partial charge is 0.343 e. The number of phenols is 2. The Hall–Kier alpha value is -2.24. The lowest BCUT2D eigenvalue weighted by molar-refractivity contribution is -0.0199. The molecule has 0 aliphatic rings. The molecule has 0 fully saturated rings. The molecule has 2 rings (SSSR count). The Bertz CT molecular complexity index is 732. The highest BCUT2D eigenvalue weighted by Crippen LogP contribution is 2.28. The van der Waals surface area contributed by atoms with Gasteiger partial charge in [-0.2, -0.15) is 0 Å². The summed E-state index contributed by atoms with van der Waals surface area (Å²) in [5, 5.41) is 20.4. The van der Waals surface area contributed by atoms with Crippen molar-refractivity contribution in [2.24, 2.45) is 0 Å². The van der Waals surface area contributed by atoms with Gasteiger partial charge in [-0.15, -0.1) is 12.4 Å². The molecule has 6 heteroatoms. The SMILES string of the molecule is CCN(CC)C(C)OC(=O)c1cccc(Cc2ccccc2O)c1O.Cl. The van der Waals surface area contributed by atoms with Crippen molar-refractivity contribution in [3.63, 3.8) is 0 Å². The van der Waals surface area contributed by atoms with E-state index in [2.05, 4.69) is 0 Å². The van der Waals surface area contributed by atoms with E-state index < -0.39 is 5.97 Å². The number of hydrogen-bond acceptors (Lipinski definition) is 5. The number of rotatable bonds is 7. The van der Waals surface area contributed by atoms with Crippen LogP contribution in [0, 0.1) is 0 Å². The molecule has 0 radical (unpaired) electrons. The molecule has 0 heterocycles. The minimum atomic E-state index is -0.559. The van der Waals surface area contributed by atoms with Crippen LogP contribution in [0.4, 0.5) is 0 Å². The van der Waals surface area contributed by atoms with E-state index in [9.17, 15) is 15.0 Å². The summed E-state index contributed by atoms with van der Waals surface area (Å²) in [6, 6.07) is 11.9. The number of carbonyl (C=O) groups excluding carboxylic acids is 1. The molecule has 0 spiro atoms. The first kappa shape index (κ1) is 21.8. The first-order valence-electron chi connectivity index (χ1n) is 8.50. The largest absolute Gasteiger partial charge is 0.508 e. The van der Waals surface area contributed by atoms with E-state index in [0.717, 1.165) is 13.1 Å². The average Bonchev–Trinajstić information content (AvgIpc) is 2.59. The Balaban J connectivity index is 0.00000338. The second-order valence-corrected chi connectivity index (χ2v) is 5.84. The zero-order chi connectivity index (χ0) is 18.4. The van der Waals surface area contributed by atoms with Gasteiger partial charge in [0.1, 0.15) is 17.1 Å². The van der Waals surface area contributed by atoms with E-state index in [0.29, 0.717) is 17.5 Å². The summed E-state index contributed by atoms with van der Waals surface area (Å²) in [4.78, 5) is 14.4. The summed E-state index contributed by atoms with van der Waals surface area (Å²) in [5.74, 6) is -0.511. The van der Waals surface area contributed by atoms with E-state index in [4.69, 9.17) is 4.74 Å². The highest BCUT2D eigenvalue weighted by molar-refractivity contribution is 5.93. The highest BCUT2D eigenvalue weighted by Gasteiger charge is 2.20. The Morgan fingerprint density at radius 2 is 1.65 bits per heavy atom. The Kier molecular flexibility index (Phi) is 8.42. The normalized spacial score (nSPS) is 11.7. The fourth-order valence-electron chi connectivity index (χ4n) is 2.79. The summed E-state index contributed by atoms with van der Waals surface area (Å²) < 4.78 is 5.47. The molecule has 26 heavy (non-hydrogen) atoms. The third-order valence-electron chi connectivity index (χ3n) is 4.32. The van der Waals surface area contributed by atoms with Gasteiger partial charge >= 0.3 is 5.97 Å². The lowest BCUT2D eigenvalue weighted by atomic mass is 10.0. The second kappa shape index (κ2) is 10.0. The molecule has 2 aromatic rings. The maximum absolute atomic E-state index is 12.4. The third kappa shape index (κ3) is 5.13. The third-order valence-corrected chi connectivity index (χ3v) is 4.32. The number of carbonyl (C=O) groups is 1. The lowest BCUT2D eigenvalue weighted by Gasteiger charge is -2.26. The van der Waals surface area contributed by atoms with Gasteiger partial charge in [0.2, 0.25) is 0 Å². The fraction of sp³-hybridized carbons (Fsp3) is 0.350. The predicted octanol–water partition coefficient (Wildman–Crippen LogP) is 3.96. The number of nitrogens with zero attached hydrogens (tertiary/aromatic N) is 1. The van der Waals surface area contributed by atoms with Gasteiger partial charge < -0.3 is 14.9 Å². The summed E-state index contributed by atoms with van der Waals surface area (Å²) in [5.41, 5.74) is 1.37. The van der Waals surface area contributed by atoms with Crippen LogP contribution in [0.15, 0.2) is 42.5 Å². The molecule has 5 nitrogen and oxygen atoms in total. The van der Waals surface area contributed by atoms with Crippen LogP contribution < -0.4 is 0 Å². The minimum absolute atomic E-state index is 0. The van der Waals surface area contributed by atoms with E-state index in [1.807, 2.05) is 31.7 Å². The summed E-state index contributed by atoms with van der Waals surface area (Å²) >= 11 is 0. The molecule has 0 aliphatic carbocycles. The van der Waals surface area contributed by atoms with Crippen LogP contribution >= 0.6 is 12.4 Å². The summed E-state index contributed by atoms with van der Waals surface area (Å²) in [6.07, 6.45) is -0.0469. The first-order chi connectivity index (χ1) is 12.0. The number of benzene rings is 2. The van der Waals surface area contributed by atoms with Gasteiger partial charge in [0.15, 0.2) is 6.23 Å². The van der Waals surface area contributed by atoms with Crippen LogP contribution in [0.5, 0.6) is 11.5 Å². The minimum Gasteiger partial charge on any atom is -0.508 e. The summed E-state index contributed by atoms with van der Waals surface area (Å²) in [7, 11) is 0. The second-order valence-electron chi connectivity index (χ2n) is 5.84. The van der Waals surface area contributed by atoms with Gasteiger partial charge in [0, 0.05) is 6.42 Å². The van der Waals surface area contributed by atoms with Crippen LogP contribution in [0.2, 0.25) is 0 Å². The predicted molar refractivity (Wildman–Crippen MR) is 104 cm³/mol. The molecule has 0 aromatic heterocycles. The molecular formula is C20H26ClNO4. The van der Waals surface area contributed by atoms with Crippen molar-refractivity contribution >= 4 is 18.4 Å². The number of hydrogen-bond donors (Lipinski definition) is 2. The highest BCUT2D eigenvalue weighted by atomic mass is 35.5. The number of ether oxygens (including phenoxy) is 1. The molecule has 1 unspecified atom stereocenters. The van der Waals surface area contributed by atoms with E-state index in [1.165, 1.54) is 0 Å². The fourth-order valence-corrected chi connectivity index (χ4v) is 2.79. The van der Waals surface area contributed by atoms with Crippen LogP contribution in [0.3, 0.4) is 0 Å². The Morgan fingerprint density at radius 1 is 1.04 bits per heavy atom. The number of aromatic hydroxyl groups is 2. The number of phenolic OH excluding ortho intramolecular Hbond substituents is 2. The molecule has 0 aliphatic heterocycles. The zero-order valence-corrected chi connectivity index (χ0v) is 16.1. The van der Waals surface area contributed by atoms with Crippen molar-refractivity contribution in [3.05, 3.63) is 59.2 Å². The number of esters is 1. The zero-order valence-electron chi connectivity index (χ0n) is 15.3. The average molecular weight is 380 g/mol. The van der Waals surface area contributed by atoms with Crippen LogP contribution in [0.25, 0.3) is 0 Å². The van der Waals surface area contributed by atoms with E-state index >= 15 is 0 Å². The number of halogens is 1. The van der Waals surface area contributed by atoms with Crippen molar-refractivity contribution in [1.82, 2.24) is 4.90 Å². The molecule has 0 saturated carbocycles. The monoisotopic (exact) mass is 379 g/mol. The van der Waals surface area contributed by atoms with Gasteiger partial charge in [-0.3, -0.25) is 4.90 Å². The topological polar surface area (TPSA) is 70.0 Å². The van der Waals surface area contributed by atoms with Gasteiger partial charge in [-0.25, -0.2) is 4.79 Å². The molecule has 0 amide bonds. The molecular weight excluding hydrogens is 354 g/mol. The van der Waals surface area contributed by atoms with Crippen molar-refractivity contribution in [3.8, 4) is 11.5 Å². The van der Waals surface area contributed by atoms with Gasteiger partial charge in [-0.1, -0.05) is 44.2 Å². The van der Waals surface area contributed by atoms with Gasteiger partial charge in [0.25, 0.3) is 0 Å². The van der Waals surface area contributed by atoms with Crippen LogP contribution in [0.1, 0.15) is 42.3 Å². The van der Waals surface area contributed by atoms with Crippen molar-refractivity contribution in [2.75, 3.05) is 13.1 Å². The standard InChI is InChI=1S/C20H25NO4.ClH/c1-4-21(5-2)14(3)25-20(24)17-11-8-10-16(19(17)23)13-15-9-6-7-12-18(15)22;/h6-12,14,22-23H,4-5,13H2,1-3H3;1H. The molecule has 142 valence electrons. The molecule has 2 aromatic carbocycles. The van der Waals surface area contributed by atoms with Crippen LogP contribution in [-0.4, -0.2) is 40.4 Å². The van der Waals surface area contributed by atoms with Crippen molar-refractivity contribution in [1.29, 1.82) is 0 Å². The van der Waals surface area contributed by atoms with Crippen molar-refractivity contribution < 1.29 is 19.7 Å². The van der Waals surface area contributed by atoms with E-state index in [1.54, 1.807) is 36.4 Å². The van der Waals surface area contributed by atoms with Crippen molar-refractivity contribution in [2.45, 2.75) is 33.4 Å². The summed E-state index contributed by atoms with van der Waals surface area (Å²) in [6.45, 7) is 7.35. The lowest BCUT2D eigenvalue weighted by Crippen LogP contribution is -2.36. The number of para-hydroxylation sites is 2. The molecule has 2 N–H and O–H groups in total. The van der Waals surface area contributed by atoms with Gasteiger partial charge in [0.05, 0.1) is 0 Å². The Morgan fingerprint density at radius 3 is 2.27 bits per heavy atom. The first-order valence-corrected chi connectivity index (χ1v) is 8.50. The maximum Gasteiger partial charge on any atom is 0.343 e. The maximum atomic E-state index is 12.4. The van der Waals surface area contributed by atoms with Crippen LogP contribution in [-0.2, 0) is 11.2 Å². The van der Waals surface area contributed by atoms with E-state index in [-0.39, 0.29) is 35.7 Å². The quantitative estimate of drug-likeness (QED) is 0.563. The molecule has 0 bridgehead atoms. The molecule has 0 saturated heterocycles. The molecule has 1 atom stereocenters.